The molecule has 0 radical (unpaired) electrons. The van der Waals surface area contributed by atoms with Crippen molar-refractivity contribution in [3.8, 4) is 0 Å². The fraction of sp³-hybridized carbons (Fsp3) is 0.0769. The van der Waals surface area contributed by atoms with Crippen molar-refractivity contribution in [1.82, 2.24) is 9.97 Å². The van der Waals surface area contributed by atoms with E-state index in [1.165, 1.54) is 18.6 Å². The number of imidazole rings is 1. The molecule has 0 aliphatic carbocycles. The predicted molar refractivity (Wildman–Crippen MR) is 77.2 cm³/mol. The van der Waals surface area contributed by atoms with Crippen LogP contribution in [-0.4, -0.2) is 29.5 Å². The van der Waals surface area contributed by atoms with Crippen LogP contribution in [0, 0.1) is 6.92 Å². The molecule has 3 N–H and O–H groups in total. The average molecular weight is 307 g/mol. The summed E-state index contributed by atoms with van der Waals surface area (Å²) in [6, 6.07) is 4.86. The van der Waals surface area contributed by atoms with E-state index in [1.54, 1.807) is 25.1 Å². The number of aromatic nitrogens is 2. The molecule has 0 saturated carbocycles. The minimum absolute atomic E-state index is 0.0503. The molecule has 2 rings (SSSR count). The van der Waals surface area contributed by atoms with Crippen LogP contribution in [0.5, 0.6) is 0 Å². The summed E-state index contributed by atoms with van der Waals surface area (Å²) < 4.78 is 26.5. The molecule has 0 atom stereocenters. The summed E-state index contributed by atoms with van der Waals surface area (Å²) in [5, 5.41) is 8.59. The lowest BCUT2D eigenvalue weighted by atomic mass is 10.1. The van der Waals surface area contributed by atoms with Gasteiger partial charge in [0.05, 0.1) is 12.5 Å². The summed E-state index contributed by atoms with van der Waals surface area (Å²) in [7, 11) is -3.74. The number of hydrogen-bond donors (Lipinski definition) is 3. The van der Waals surface area contributed by atoms with Crippen molar-refractivity contribution in [3.63, 3.8) is 0 Å². The number of aliphatic carboxylic acids is 1. The molecule has 0 bridgehead atoms. The summed E-state index contributed by atoms with van der Waals surface area (Å²) in [5.74, 6) is -1.07. The maximum Gasteiger partial charge on any atom is 0.328 e. The minimum Gasteiger partial charge on any atom is -0.478 e. The van der Waals surface area contributed by atoms with Gasteiger partial charge in [-0.2, -0.15) is 8.42 Å². The molecular weight excluding hydrogens is 294 g/mol. The summed E-state index contributed by atoms with van der Waals surface area (Å²) in [4.78, 5) is 16.7. The number of benzene rings is 1. The van der Waals surface area contributed by atoms with E-state index in [4.69, 9.17) is 5.11 Å². The molecule has 2 aromatic rings. The van der Waals surface area contributed by atoms with E-state index in [2.05, 4.69) is 14.7 Å². The van der Waals surface area contributed by atoms with Crippen LogP contribution < -0.4 is 4.72 Å². The van der Waals surface area contributed by atoms with Crippen molar-refractivity contribution in [2.75, 3.05) is 4.72 Å². The Morgan fingerprint density at radius 2 is 2.19 bits per heavy atom. The molecule has 110 valence electrons. The fourth-order valence-electron chi connectivity index (χ4n) is 1.64. The molecule has 0 saturated heterocycles. The third kappa shape index (κ3) is 3.69. The number of hydrogen-bond acceptors (Lipinski definition) is 4. The first kappa shape index (κ1) is 14.8. The highest BCUT2D eigenvalue weighted by Crippen LogP contribution is 2.19. The summed E-state index contributed by atoms with van der Waals surface area (Å²) in [6.45, 7) is 1.80. The van der Waals surface area contributed by atoms with E-state index in [0.29, 0.717) is 11.3 Å². The molecule has 21 heavy (non-hydrogen) atoms. The van der Waals surface area contributed by atoms with Gasteiger partial charge in [-0.1, -0.05) is 6.07 Å². The van der Waals surface area contributed by atoms with E-state index < -0.39 is 16.0 Å². The number of aryl methyl sites for hydroxylation is 1. The van der Waals surface area contributed by atoms with Crippen molar-refractivity contribution in [1.29, 1.82) is 0 Å². The van der Waals surface area contributed by atoms with Gasteiger partial charge < -0.3 is 10.1 Å². The first-order valence-electron chi connectivity index (χ1n) is 5.91. The number of carbonyl (C=O) groups is 1. The van der Waals surface area contributed by atoms with Crippen LogP contribution >= 0.6 is 0 Å². The third-order valence-corrected chi connectivity index (χ3v) is 4.01. The lowest BCUT2D eigenvalue weighted by molar-refractivity contribution is -0.131. The van der Waals surface area contributed by atoms with Crippen molar-refractivity contribution in [3.05, 3.63) is 47.9 Å². The molecular formula is C13H13N3O4S. The monoisotopic (exact) mass is 307 g/mol. The van der Waals surface area contributed by atoms with Gasteiger partial charge >= 0.3 is 5.97 Å². The van der Waals surface area contributed by atoms with E-state index in [1.807, 2.05) is 0 Å². The molecule has 0 aliphatic rings. The lowest BCUT2D eigenvalue weighted by Crippen LogP contribution is -2.13. The van der Waals surface area contributed by atoms with Gasteiger partial charge in [0.1, 0.15) is 0 Å². The second-order valence-corrected chi connectivity index (χ2v) is 5.92. The molecule has 0 amide bonds. The van der Waals surface area contributed by atoms with Crippen LogP contribution in [0.2, 0.25) is 0 Å². The van der Waals surface area contributed by atoms with Gasteiger partial charge in [0, 0.05) is 11.8 Å². The zero-order valence-corrected chi connectivity index (χ0v) is 11.9. The number of carboxylic acids is 1. The Kier molecular flexibility index (Phi) is 4.08. The molecule has 0 unspecified atom stereocenters. The smallest absolute Gasteiger partial charge is 0.328 e. The Balaban J connectivity index is 2.30. The second-order valence-electron chi connectivity index (χ2n) is 4.26. The van der Waals surface area contributed by atoms with Gasteiger partial charge in [-0.3, -0.25) is 4.72 Å². The fourth-order valence-corrected chi connectivity index (χ4v) is 2.60. The quantitative estimate of drug-likeness (QED) is 0.727. The number of rotatable bonds is 5. The van der Waals surface area contributed by atoms with Crippen molar-refractivity contribution in [2.45, 2.75) is 11.9 Å². The van der Waals surface area contributed by atoms with Gasteiger partial charge in [-0.25, -0.2) is 9.78 Å². The van der Waals surface area contributed by atoms with Gasteiger partial charge in [-0.05, 0) is 36.3 Å². The van der Waals surface area contributed by atoms with E-state index in [-0.39, 0.29) is 5.03 Å². The topological polar surface area (TPSA) is 112 Å². The Labute approximate surface area is 121 Å². The van der Waals surface area contributed by atoms with E-state index >= 15 is 0 Å². The van der Waals surface area contributed by atoms with Gasteiger partial charge in [-0.15, -0.1) is 0 Å². The molecule has 1 heterocycles. The maximum absolute atomic E-state index is 12.0. The first-order chi connectivity index (χ1) is 9.88. The van der Waals surface area contributed by atoms with Crippen LogP contribution in [0.3, 0.4) is 0 Å². The lowest BCUT2D eigenvalue weighted by Gasteiger charge is -2.08. The van der Waals surface area contributed by atoms with Gasteiger partial charge in [0.2, 0.25) is 0 Å². The molecule has 0 aliphatic heterocycles. The standard InChI is InChI=1S/C13H13N3O4S/c1-9-2-4-11(6-10(9)3-5-13(17)18)16-21(19,20)12-7-14-8-15-12/h2-8,16H,1H3,(H,14,15)(H,17,18). The summed E-state index contributed by atoms with van der Waals surface area (Å²) >= 11 is 0. The Morgan fingerprint density at radius 1 is 1.43 bits per heavy atom. The summed E-state index contributed by atoms with van der Waals surface area (Å²) in [5.41, 5.74) is 1.78. The molecule has 0 spiro atoms. The summed E-state index contributed by atoms with van der Waals surface area (Å²) in [6.07, 6.45) is 4.87. The normalized spacial score (nSPS) is 11.7. The van der Waals surface area contributed by atoms with Crippen LogP contribution in [0.4, 0.5) is 5.69 Å². The highest BCUT2D eigenvalue weighted by Gasteiger charge is 2.15. The van der Waals surface area contributed by atoms with Crippen LogP contribution in [0.1, 0.15) is 11.1 Å². The van der Waals surface area contributed by atoms with Crippen LogP contribution in [-0.2, 0) is 14.8 Å². The zero-order chi connectivity index (χ0) is 15.5. The molecule has 8 heteroatoms. The Morgan fingerprint density at radius 3 is 2.81 bits per heavy atom. The molecule has 1 aromatic heterocycles. The number of anilines is 1. The number of nitrogens with one attached hydrogen (secondary N) is 2. The first-order valence-corrected chi connectivity index (χ1v) is 7.39. The third-order valence-electron chi connectivity index (χ3n) is 2.70. The molecule has 1 aromatic carbocycles. The zero-order valence-electron chi connectivity index (χ0n) is 11.1. The van der Waals surface area contributed by atoms with Crippen molar-refractivity contribution < 1.29 is 18.3 Å². The predicted octanol–water partition coefficient (Wildman–Crippen LogP) is 1.62. The number of aromatic amines is 1. The SMILES string of the molecule is Cc1ccc(NS(=O)(=O)c2cnc[nH]2)cc1C=CC(=O)O. The maximum atomic E-state index is 12.0. The van der Waals surface area contributed by atoms with Gasteiger partial charge in [0.25, 0.3) is 10.0 Å². The van der Waals surface area contributed by atoms with E-state index in [0.717, 1.165) is 11.6 Å². The highest BCUT2D eigenvalue weighted by molar-refractivity contribution is 7.92. The molecule has 7 nitrogen and oxygen atoms in total. The number of sulfonamides is 1. The van der Waals surface area contributed by atoms with Crippen LogP contribution in [0.25, 0.3) is 6.08 Å². The number of H-pyrrole nitrogens is 1. The van der Waals surface area contributed by atoms with Crippen molar-refractivity contribution in [2.24, 2.45) is 0 Å². The molecule has 0 fully saturated rings. The van der Waals surface area contributed by atoms with Gasteiger partial charge in [0.15, 0.2) is 5.03 Å². The minimum atomic E-state index is -3.74. The van der Waals surface area contributed by atoms with Crippen molar-refractivity contribution >= 4 is 27.8 Å². The highest BCUT2D eigenvalue weighted by atomic mass is 32.2. The average Bonchev–Trinajstić information content (AvgIpc) is 2.93. The number of nitrogens with zero attached hydrogens (tertiary/aromatic N) is 1. The second kappa shape index (κ2) is 5.80. The Bertz CT molecular complexity index is 780. The largest absolute Gasteiger partial charge is 0.478 e. The Hall–Kier alpha value is -2.61. The van der Waals surface area contributed by atoms with Crippen LogP contribution in [0.15, 0.2) is 41.8 Å². The van der Waals surface area contributed by atoms with E-state index in [9.17, 15) is 13.2 Å². The number of carboxylic acid groups (broad SMARTS) is 1.